The van der Waals surface area contributed by atoms with Crippen molar-refractivity contribution in [3.8, 4) is 17.6 Å². The van der Waals surface area contributed by atoms with Crippen molar-refractivity contribution in [2.24, 2.45) is 5.73 Å². The van der Waals surface area contributed by atoms with Crippen LogP contribution in [0.5, 0.6) is 11.5 Å². The molecule has 0 aliphatic heterocycles. The number of nitriles is 1. The van der Waals surface area contributed by atoms with Gasteiger partial charge in [-0.2, -0.15) is 5.26 Å². The summed E-state index contributed by atoms with van der Waals surface area (Å²) in [7, 11) is 1.55. The summed E-state index contributed by atoms with van der Waals surface area (Å²) in [6.45, 7) is 1.90. The molecule has 0 saturated carbocycles. The van der Waals surface area contributed by atoms with Crippen LogP contribution in [0.4, 0.5) is 0 Å². The standard InChI is InChI=1S/C15H15BrN2O2S/c1-9(18)15(13-5-6-14(16)21-13)20-11-4-3-10(8-17)7-12(11)19-2/h3-7,9,15H,18H2,1-2H3. The topological polar surface area (TPSA) is 68.3 Å². The number of thiophene rings is 1. The molecule has 0 bridgehead atoms. The van der Waals surface area contributed by atoms with Crippen LogP contribution in [0.1, 0.15) is 23.5 Å². The first-order valence-electron chi connectivity index (χ1n) is 6.30. The Morgan fingerprint density at radius 2 is 2.05 bits per heavy atom. The lowest BCUT2D eigenvalue weighted by Crippen LogP contribution is -2.28. The van der Waals surface area contributed by atoms with E-state index in [1.54, 1.807) is 36.6 Å². The van der Waals surface area contributed by atoms with Crippen molar-refractivity contribution in [1.29, 1.82) is 5.26 Å². The molecule has 2 N–H and O–H groups in total. The molecule has 6 heteroatoms. The van der Waals surface area contributed by atoms with Gasteiger partial charge >= 0.3 is 0 Å². The van der Waals surface area contributed by atoms with Gasteiger partial charge in [-0.15, -0.1) is 11.3 Å². The minimum Gasteiger partial charge on any atom is -0.493 e. The zero-order valence-corrected chi connectivity index (χ0v) is 14.1. The first kappa shape index (κ1) is 15.8. The van der Waals surface area contributed by atoms with Gasteiger partial charge < -0.3 is 15.2 Å². The normalized spacial score (nSPS) is 13.3. The molecule has 0 aliphatic rings. The molecule has 21 heavy (non-hydrogen) atoms. The van der Waals surface area contributed by atoms with E-state index in [1.165, 1.54) is 0 Å². The maximum Gasteiger partial charge on any atom is 0.162 e. The van der Waals surface area contributed by atoms with Gasteiger partial charge in [0, 0.05) is 17.0 Å². The highest BCUT2D eigenvalue weighted by Gasteiger charge is 2.22. The van der Waals surface area contributed by atoms with Crippen molar-refractivity contribution < 1.29 is 9.47 Å². The maximum absolute atomic E-state index is 8.93. The van der Waals surface area contributed by atoms with E-state index in [2.05, 4.69) is 22.0 Å². The predicted octanol–water partition coefficient (Wildman–Crippen LogP) is 3.86. The highest BCUT2D eigenvalue weighted by molar-refractivity contribution is 9.11. The highest BCUT2D eigenvalue weighted by atomic mass is 79.9. The summed E-state index contributed by atoms with van der Waals surface area (Å²) in [5.41, 5.74) is 6.57. The van der Waals surface area contributed by atoms with Crippen LogP contribution in [0.2, 0.25) is 0 Å². The number of hydrogen-bond donors (Lipinski definition) is 1. The fourth-order valence-corrected chi connectivity index (χ4v) is 3.45. The number of halogens is 1. The van der Waals surface area contributed by atoms with Crippen LogP contribution in [0.25, 0.3) is 0 Å². The third kappa shape index (κ3) is 3.76. The molecule has 0 spiro atoms. The fraction of sp³-hybridized carbons (Fsp3) is 0.267. The summed E-state index contributed by atoms with van der Waals surface area (Å²) in [6.07, 6.45) is -0.275. The molecule has 0 saturated heterocycles. The largest absolute Gasteiger partial charge is 0.493 e. The van der Waals surface area contributed by atoms with Gasteiger partial charge in [0.2, 0.25) is 0 Å². The molecule has 1 heterocycles. The van der Waals surface area contributed by atoms with Gasteiger partial charge in [-0.3, -0.25) is 0 Å². The van der Waals surface area contributed by atoms with Crippen molar-refractivity contribution in [3.63, 3.8) is 0 Å². The van der Waals surface area contributed by atoms with Crippen LogP contribution in [0.15, 0.2) is 34.1 Å². The second-order valence-electron chi connectivity index (χ2n) is 4.52. The molecule has 1 aromatic heterocycles. The van der Waals surface area contributed by atoms with Gasteiger partial charge in [-0.1, -0.05) is 0 Å². The Balaban J connectivity index is 2.31. The minimum atomic E-state index is -0.275. The van der Waals surface area contributed by atoms with E-state index >= 15 is 0 Å². The second-order valence-corrected chi connectivity index (χ2v) is 7.01. The lowest BCUT2D eigenvalue weighted by atomic mass is 10.1. The monoisotopic (exact) mass is 366 g/mol. The van der Waals surface area contributed by atoms with Gasteiger partial charge in [0.05, 0.1) is 22.5 Å². The molecule has 2 atom stereocenters. The average molecular weight is 367 g/mol. The van der Waals surface area contributed by atoms with Gasteiger partial charge in [0.1, 0.15) is 6.10 Å². The Bertz CT molecular complexity index is 664. The molecule has 0 radical (unpaired) electrons. The smallest absolute Gasteiger partial charge is 0.162 e. The first-order valence-corrected chi connectivity index (χ1v) is 7.91. The number of benzene rings is 1. The molecule has 2 unspecified atom stereocenters. The van der Waals surface area contributed by atoms with E-state index in [0.717, 1.165) is 8.66 Å². The quantitative estimate of drug-likeness (QED) is 0.872. The van der Waals surface area contributed by atoms with Crippen LogP contribution >= 0.6 is 27.3 Å². The summed E-state index contributed by atoms with van der Waals surface area (Å²) in [5.74, 6) is 1.10. The predicted molar refractivity (Wildman–Crippen MR) is 86.7 cm³/mol. The summed E-state index contributed by atoms with van der Waals surface area (Å²) in [6, 6.07) is 10.9. The minimum absolute atomic E-state index is 0.184. The lowest BCUT2D eigenvalue weighted by Gasteiger charge is -2.22. The van der Waals surface area contributed by atoms with E-state index in [9.17, 15) is 0 Å². The van der Waals surface area contributed by atoms with Crippen molar-refractivity contribution in [1.82, 2.24) is 0 Å². The first-order chi connectivity index (χ1) is 10.0. The molecule has 0 amide bonds. The average Bonchev–Trinajstić information content (AvgIpc) is 2.90. The third-order valence-electron chi connectivity index (χ3n) is 2.90. The molecular formula is C15H15BrN2O2S. The Hall–Kier alpha value is -1.55. The molecular weight excluding hydrogens is 352 g/mol. The van der Waals surface area contributed by atoms with Crippen LogP contribution in [0.3, 0.4) is 0 Å². The van der Waals surface area contributed by atoms with Gasteiger partial charge in [0.15, 0.2) is 11.5 Å². The SMILES string of the molecule is COc1cc(C#N)ccc1OC(c1ccc(Br)s1)C(C)N. The van der Waals surface area contributed by atoms with Gasteiger partial charge in [-0.05, 0) is 47.1 Å². The number of ether oxygens (including phenoxy) is 2. The Morgan fingerprint density at radius 1 is 1.29 bits per heavy atom. The van der Waals surface area contributed by atoms with Crippen LogP contribution in [0, 0.1) is 11.3 Å². The van der Waals surface area contributed by atoms with E-state index in [0.29, 0.717) is 17.1 Å². The number of nitrogens with two attached hydrogens (primary N) is 1. The van der Waals surface area contributed by atoms with E-state index in [1.807, 2.05) is 19.1 Å². The molecule has 0 aliphatic carbocycles. The van der Waals surface area contributed by atoms with Crippen molar-refractivity contribution in [3.05, 3.63) is 44.6 Å². The third-order valence-corrected chi connectivity index (χ3v) is 4.58. The van der Waals surface area contributed by atoms with Crippen molar-refractivity contribution in [2.45, 2.75) is 19.1 Å². The number of rotatable bonds is 5. The van der Waals surface area contributed by atoms with Crippen LogP contribution in [-0.2, 0) is 0 Å². The Morgan fingerprint density at radius 3 is 2.57 bits per heavy atom. The molecule has 4 nitrogen and oxygen atoms in total. The molecule has 110 valence electrons. The number of hydrogen-bond acceptors (Lipinski definition) is 5. The van der Waals surface area contributed by atoms with Gasteiger partial charge in [0.25, 0.3) is 0 Å². The van der Waals surface area contributed by atoms with E-state index in [4.69, 9.17) is 20.5 Å². The molecule has 2 rings (SSSR count). The van der Waals surface area contributed by atoms with E-state index in [-0.39, 0.29) is 12.1 Å². The maximum atomic E-state index is 8.93. The van der Waals surface area contributed by atoms with Crippen LogP contribution < -0.4 is 15.2 Å². The summed E-state index contributed by atoms with van der Waals surface area (Å²) >= 11 is 5.03. The second kappa shape index (κ2) is 6.94. The molecule has 1 aromatic carbocycles. The van der Waals surface area contributed by atoms with Crippen LogP contribution in [-0.4, -0.2) is 13.2 Å². The van der Waals surface area contributed by atoms with Gasteiger partial charge in [-0.25, -0.2) is 0 Å². The number of methoxy groups -OCH3 is 1. The zero-order valence-electron chi connectivity index (χ0n) is 11.7. The van der Waals surface area contributed by atoms with E-state index < -0.39 is 0 Å². The Kier molecular flexibility index (Phi) is 5.23. The zero-order chi connectivity index (χ0) is 15.4. The summed E-state index contributed by atoms with van der Waals surface area (Å²) in [5, 5.41) is 8.93. The molecule has 0 fully saturated rings. The summed E-state index contributed by atoms with van der Waals surface area (Å²) < 4.78 is 12.3. The molecule has 2 aromatic rings. The van der Waals surface area contributed by atoms with Crippen molar-refractivity contribution in [2.75, 3.05) is 7.11 Å². The Labute approximate surface area is 136 Å². The lowest BCUT2D eigenvalue weighted by molar-refractivity contribution is 0.176. The fourth-order valence-electron chi connectivity index (χ4n) is 1.88. The number of nitrogens with zero attached hydrogens (tertiary/aromatic N) is 1. The van der Waals surface area contributed by atoms with Crippen molar-refractivity contribution >= 4 is 27.3 Å². The summed E-state index contributed by atoms with van der Waals surface area (Å²) in [4.78, 5) is 1.03. The highest BCUT2D eigenvalue weighted by Crippen LogP contribution is 2.36.